The van der Waals surface area contributed by atoms with Crippen molar-refractivity contribution in [1.82, 2.24) is 0 Å². The first-order chi connectivity index (χ1) is 6.59. The number of carboxylic acid groups (broad SMARTS) is 1. The van der Waals surface area contributed by atoms with Crippen LogP contribution in [0.15, 0.2) is 11.6 Å². The molecule has 0 unspecified atom stereocenters. The van der Waals surface area contributed by atoms with Crippen LogP contribution in [0.1, 0.15) is 12.8 Å². The summed E-state index contributed by atoms with van der Waals surface area (Å²) in [6, 6.07) is 0. The number of rotatable bonds is 2. The molecule has 1 heterocycles. The molecule has 0 amide bonds. The lowest BCUT2D eigenvalue weighted by molar-refractivity contribution is -0.299. The predicted octanol–water partition coefficient (Wildman–Crippen LogP) is -1.85. The molecule has 0 bridgehead atoms. The molecule has 1 saturated heterocycles. The highest BCUT2D eigenvalue weighted by Gasteiger charge is 2.49. The van der Waals surface area contributed by atoms with Crippen LogP contribution in [0.2, 0.25) is 0 Å². The van der Waals surface area contributed by atoms with Crippen LogP contribution in [0, 0.1) is 0 Å². The normalized spacial score (nSPS) is 37.8. The van der Waals surface area contributed by atoms with E-state index in [4.69, 9.17) is 4.74 Å². The van der Waals surface area contributed by atoms with E-state index in [1.807, 2.05) is 0 Å². The fourth-order valence-corrected chi connectivity index (χ4v) is 1.72. The molecule has 14 heavy (non-hydrogen) atoms. The standard InChI is InChI=1S/C9H10O5/c10-5-2-1-4(7-8(5)14-7)3-6(11)9(12)13/h3,5,7-8,10H,1-2H2,(H,12,13)/p-1/b4-3+/t5-,7-,8+/m1/s1. The zero-order valence-corrected chi connectivity index (χ0v) is 7.30. The molecule has 1 N–H and O–H groups in total. The number of hydrogen-bond donors (Lipinski definition) is 1. The summed E-state index contributed by atoms with van der Waals surface area (Å²) < 4.78 is 5.10. The highest BCUT2D eigenvalue weighted by Crippen LogP contribution is 2.40. The number of carbonyl (C=O) groups excluding carboxylic acids is 2. The number of aliphatic hydroxyl groups is 1. The fourth-order valence-electron chi connectivity index (χ4n) is 1.72. The second kappa shape index (κ2) is 3.18. The summed E-state index contributed by atoms with van der Waals surface area (Å²) in [4.78, 5) is 21.0. The number of carbonyl (C=O) groups is 2. The topological polar surface area (TPSA) is 90.0 Å². The van der Waals surface area contributed by atoms with Gasteiger partial charge < -0.3 is 19.7 Å². The van der Waals surface area contributed by atoms with E-state index < -0.39 is 17.9 Å². The van der Waals surface area contributed by atoms with E-state index in [2.05, 4.69) is 0 Å². The predicted molar refractivity (Wildman–Crippen MR) is 42.0 cm³/mol. The molecule has 1 aliphatic heterocycles. The van der Waals surface area contributed by atoms with Crippen molar-refractivity contribution < 1.29 is 24.5 Å². The molecule has 0 aromatic rings. The first kappa shape index (κ1) is 9.36. The van der Waals surface area contributed by atoms with Gasteiger partial charge in [0.15, 0.2) is 0 Å². The molecule has 5 heteroatoms. The lowest BCUT2D eigenvalue weighted by atomic mass is 9.92. The summed E-state index contributed by atoms with van der Waals surface area (Å²) in [5.41, 5.74) is 0.648. The molecular formula is C9H9O5-. The van der Waals surface area contributed by atoms with Crippen LogP contribution in [0.3, 0.4) is 0 Å². The maximum atomic E-state index is 10.8. The van der Waals surface area contributed by atoms with Gasteiger partial charge in [-0.05, 0) is 24.5 Å². The van der Waals surface area contributed by atoms with Gasteiger partial charge in [0, 0.05) is 0 Å². The fraction of sp³-hybridized carbons (Fsp3) is 0.556. The summed E-state index contributed by atoms with van der Waals surface area (Å²) >= 11 is 0. The van der Waals surface area contributed by atoms with Gasteiger partial charge in [-0.25, -0.2) is 0 Å². The first-order valence-electron chi connectivity index (χ1n) is 4.39. The van der Waals surface area contributed by atoms with Crippen LogP contribution in [-0.2, 0) is 14.3 Å². The Morgan fingerprint density at radius 3 is 2.93 bits per heavy atom. The Morgan fingerprint density at radius 2 is 2.29 bits per heavy atom. The van der Waals surface area contributed by atoms with Crippen LogP contribution >= 0.6 is 0 Å². The molecule has 2 fully saturated rings. The zero-order chi connectivity index (χ0) is 10.3. The average molecular weight is 197 g/mol. The SMILES string of the molecule is O=C([O-])C(=O)/C=C1\CC[C@@H](O)[C@@H]2O[C@H]12. The average Bonchev–Trinajstić information content (AvgIpc) is 2.89. The van der Waals surface area contributed by atoms with Crippen molar-refractivity contribution in [1.29, 1.82) is 0 Å². The molecule has 0 radical (unpaired) electrons. The summed E-state index contributed by atoms with van der Waals surface area (Å²) in [5.74, 6) is -2.74. The van der Waals surface area contributed by atoms with Gasteiger partial charge in [0.1, 0.15) is 18.2 Å². The second-order valence-corrected chi connectivity index (χ2v) is 3.50. The van der Waals surface area contributed by atoms with Crippen LogP contribution in [0.25, 0.3) is 0 Å². The molecule has 0 spiro atoms. The van der Waals surface area contributed by atoms with Gasteiger partial charge in [0.05, 0.1) is 6.10 Å². The number of aliphatic hydroxyl groups excluding tert-OH is 1. The molecule has 1 saturated carbocycles. The minimum atomic E-state index is -1.71. The van der Waals surface area contributed by atoms with Crippen molar-refractivity contribution in [2.75, 3.05) is 0 Å². The second-order valence-electron chi connectivity index (χ2n) is 3.50. The number of epoxide rings is 1. The minimum absolute atomic E-state index is 0.246. The maximum absolute atomic E-state index is 10.8. The highest BCUT2D eigenvalue weighted by atomic mass is 16.6. The third-order valence-corrected chi connectivity index (χ3v) is 2.52. The summed E-state index contributed by atoms with van der Waals surface area (Å²) in [6.45, 7) is 0. The Labute approximate surface area is 80.0 Å². The van der Waals surface area contributed by atoms with Crippen molar-refractivity contribution in [3.63, 3.8) is 0 Å². The smallest absolute Gasteiger partial charge is 0.201 e. The Hall–Kier alpha value is -1.20. The van der Waals surface area contributed by atoms with Gasteiger partial charge in [0.2, 0.25) is 5.78 Å². The number of carboxylic acids is 1. The van der Waals surface area contributed by atoms with Crippen LogP contribution in [-0.4, -0.2) is 35.2 Å². The molecule has 0 aromatic carbocycles. The molecule has 1 aliphatic carbocycles. The van der Waals surface area contributed by atoms with Crippen molar-refractivity contribution in [3.05, 3.63) is 11.6 Å². The van der Waals surface area contributed by atoms with E-state index >= 15 is 0 Å². The minimum Gasteiger partial charge on any atom is -0.541 e. The number of aliphatic carboxylic acids is 1. The van der Waals surface area contributed by atoms with Crippen LogP contribution < -0.4 is 5.11 Å². The van der Waals surface area contributed by atoms with E-state index in [0.29, 0.717) is 18.4 Å². The Morgan fingerprint density at radius 1 is 1.57 bits per heavy atom. The van der Waals surface area contributed by atoms with Crippen molar-refractivity contribution in [2.24, 2.45) is 0 Å². The van der Waals surface area contributed by atoms with Gasteiger partial charge in [-0.15, -0.1) is 0 Å². The summed E-state index contributed by atoms with van der Waals surface area (Å²) in [6.07, 6.45) is 1.06. The van der Waals surface area contributed by atoms with Crippen molar-refractivity contribution in [3.8, 4) is 0 Å². The molecule has 5 nitrogen and oxygen atoms in total. The van der Waals surface area contributed by atoms with E-state index in [1.54, 1.807) is 0 Å². The Bertz CT molecular complexity index is 319. The monoisotopic (exact) mass is 197 g/mol. The van der Waals surface area contributed by atoms with Gasteiger partial charge in [-0.2, -0.15) is 0 Å². The molecule has 3 atom stereocenters. The Balaban J connectivity index is 2.07. The zero-order valence-electron chi connectivity index (χ0n) is 7.30. The van der Waals surface area contributed by atoms with Crippen molar-refractivity contribution >= 4 is 11.8 Å². The molecular weight excluding hydrogens is 188 g/mol. The van der Waals surface area contributed by atoms with Gasteiger partial charge in [0.25, 0.3) is 0 Å². The maximum Gasteiger partial charge on any atom is 0.201 e. The van der Waals surface area contributed by atoms with E-state index in [1.165, 1.54) is 0 Å². The highest BCUT2D eigenvalue weighted by molar-refractivity contribution is 6.36. The molecule has 2 rings (SSSR count). The molecule has 0 aromatic heterocycles. The lowest BCUT2D eigenvalue weighted by Gasteiger charge is -2.14. The first-order valence-corrected chi connectivity index (χ1v) is 4.39. The molecule has 2 aliphatic rings. The van der Waals surface area contributed by atoms with Gasteiger partial charge in [-0.1, -0.05) is 0 Å². The number of fused-ring (bicyclic) bond motifs is 1. The third kappa shape index (κ3) is 1.56. The van der Waals surface area contributed by atoms with E-state index in [-0.39, 0.29) is 12.2 Å². The lowest BCUT2D eigenvalue weighted by Crippen LogP contribution is -2.31. The van der Waals surface area contributed by atoms with Gasteiger partial charge in [-0.3, -0.25) is 4.79 Å². The van der Waals surface area contributed by atoms with Crippen LogP contribution in [0.4, 0.5) is 0 Å². The number of ether oxygens (including phenoxy) is 1. The van der Waals surface area contributed by atoms with E-state index in [0.717, 1.165) is 6.08 Å². The van der Waals surface area contributed by atoms with E-state index in [9.17, 15) is 19.8 Å². The Kier molecular flexibility index (Phi) is 2.13. The molecule has 76 valence electrons. The van der Waals surface area contributed by atoms with Gasteiger partial charge >= 0.3 is 0 Å². The number of ketones is 1. The van der Waals surface area contributed by atoms with Crippen molar-refractivity contribution in [2.45, 2.75) is 31.2 Å². The largest absolute Gasteiger partial charge is 0.541 e. The third-order valence-electron chi connectivity index (χ3n) is 2.52. The quantitative estimate of drug-likeness (QED) is 0.319. The summed E-state index contributed by atoms with van der Waals surface area (Å²) in [7, 11) is 0. The van der Waals surface area contributed by atoms with Crippen LogP contribution in [0.5, 0.6) is 0 Å². The summed E-state index contributed by atoms with van der Waals surface area (Å²) in [5, 5.41) is 19.5. The number of hydrogen-bond acceptors (Lipinski definition) is 5.